The summed E-state index contributed by atoms with van der Waals surface area (Å²) >= 11 is 6.20. The van der Waals surface area contributed by atoms with Gasteiger partial charge in [0.15, 0.2) is 0 Å². The molecule has 0 fully saturated rings. The Balaban J connectivity index is 0.000000796. The van der Waals surface area contributed by atoms with E-state index in [0.717, 1.165) is 0 Å². The van der Waals surface area contributed by atoms with Crippen molar-refractivity contribution in [1.29, 1.82) is 0 Å². The number of alkyl halides is 1. The van der Waals surface area contributed by atoms with Gasteiger partial charge >= 0.3 is 8.25 Å². The molecular formula is C11H22ClN3O4P+. The van der Waals surface area contributed by atoms with Gasteiger partial charge in [-0.25, -0.2) is 4.98 Å². The molecule has 0 aromatic carbocycles. The Morgan fingerprint density at radius 1 is 1.25 bits per heavy atom. The third-order valence-electron chi connectivity index (χ3n) is 2.93. The highest BCUT2D eigenvalue weighted by molar-refractivity contribution is 7.30. The highest BCUT2D eigenvalue weighted by Crippen LogP contribution is 2.33. The van der Waals surface area contributed by atoms with Crippen LogP contribution in [0.2, 0.25) is 0 Å². The van der Waals surface area contributed by atoms with Crippen LogP contribution in [-0.2, 0) is 4.57 Å². The topological polar surface area (TPSA) is 119 Å². The van der Waals surface area contributed by atoms with E-state index in [-0.39, 0.29) is 5.92 Å². The molecule has 1 aromatic rings. The zero-order valence-electron chi connectivity index (χ0n) is 11.9. The molecule has 2 atom stereocenters. The maximum atomic E-state index is 10.3. The van der Waals surface area contributed by atoms with Crippen LogP contribution >= 0.6 is 19.9 Å². The fourth-order valence-electron chi connectivity index (χ4n) is 2.26. The number of nitrogens with one attached hydrogen (secondary N) is 1. The number of aromatic nitrogens is 3. The van der Waals surface area contributed by atoms with Crippen LogP contribution < -0.4 is 0 Å². The smallest absolute Gasteiger partial charge is 0.391 e. The van der Waals surface area contributed by atoms with Gasteiger partial charge in [-0.15, -0.1) is 21.4 Å². The summed E-state index contributed by atoms with van der Waals surface area (Å²) in [6.45, 7) is 8.38. The molecule has 4 N–H and O–H groups in total. The molecule has 7 nitrogen and oxygen atoms in total. The van der Waals surface area contributed by atoms with Crippen molar-refractivity contribution < 1.29 is 19.5 Å². The van der Waals surface area contributed by atoms with E-state index >= 15 is 0 Å². The zero-order valence-corrected chi connectivity index (χ0v) is 13.6. The maximum Gasteiger partial charge on any atom is 0.692 e. The Hall–Kier alpha value is -0.590. The number of H-pyrrole nitrogens is 1. The zero-order chi connectivity index (χ0) is 15.9. The fraction of sp³-hybridized carbons (Fsp3) is 0.818. The predicted octanol–water partition coefficient (Wildman–Crippen LogP) is 2.00. The number of nitrogens with zero attached hydrogens (tertiary/aromatic N) is 2. The molecule has 116 valence electrons. The van der Waals surface area contributed by atoms with E-state index in [1.54, 1.807) is 0 Å². The molecule has 0 bridgehead atoms. The van der Waals surface area contributed by atoms with Crippen molar-refractivity contribution in [3.63, 3.8) is 0 Å². The van der Waals surface area contributed by atoms with Gasteiger partial charge in [0.05, 0.1) is 6.10 Å². The Morgan fingerprint density at radius 2 is 1.70 bits per heavy atom. The molecule has 9 heteroatoms. The van der Waals surface area contributed by atoms with Crippen molar-refractivity contribution in [3.8, 4) is 0 Å². The van der Waals surface area contributed by atoms with Crippen molar-refractivity contribution in [2.24, 2.45) is 17.8 Å². The van der Waals surface area contributed by atoms with Gasteiger partial charge in [0, 0.05) is 4.57 Å². The van der Waals surface area contributed by atoms with E-state index < -0.39 is 19.7 Å². The number of aliphatic hydroxyl groups excluding tert-OH is 1. The average molecular weight is 327 g/mol. The summed E-state index contributed by atoms with van der Waals surface area (Å²) in [4.78, 5) is 18.2. The second-order valence-electron chi connectivity index (χ2n) is 5.08. The fourth-order valence-corrected chi connectivity index (χ4v) is 2.54. The molecule has 2 unspecified atom stereocenters. The second-order valence-corrected chi connectivity index (χ2v) is 6.06. The van der Waals surface area contributed by atoms with Crippen LogP contribution in [-0.4, -0.2) is 36.2 Å². The van der Waals surface area contributed by atoms with Gasteiger partial charge < -0.3 is 5.11 Å². The van der Waals surface area contributed by atoms with Crippen LogP contribution in [0, 0.1) is 17.8 Å². The number of hydrogen-bond donors (Lipinski definition) is 4. The molecule has 1 rings (SSSR count). The molecule has 0 amide bonds. The molecule has 20 heavy (non-hydrogen) atoms. The van der Waals surface area contributed by atoms with E-state index in [0.29, 0.717) is 17.7 Å². The highest BCUT2D eigenvalue weighted by Gasteiger charge is 2.33. The van der Waals surface area contributed by atoms with Gasteiger partial charge in [0.2, 0.25) is 0 Å². The monoisotopic (exact) mass is 326 g/mol. The first-order chi connectivity index (χ1) is 9.18. The first-order valence-electron chi connectivity index (χ1n) is 6.20. The lowest BCUT2D eigenvalue weighted by Crippen LogP contribution is -2.33. The molecular weight excluding hydrogens is 305 g/mol. The Kier molecular flexibility index (Phi) is 9.09. The van der Waals surface area contributed by atoms with Crippen molar-refractivity contribution >= 4 is 19.9 Å². The van der Waals surface area contributed by atoms with Crippen LogP contribution in [0.4, 0.5) is 0 Å². The molecule has 1 aromatic heterocycles. The quantitative estimate of drug-likeness (QED) is 0.485. The predicted molar refractivity (Wildman–Crippen MR) is 76.2 cm³/mol. The number of aromatic amines is 1. The number of hydrogen-bond acceptors (Lipinski definition) is 4. The summed E-state index contributed by atoms with van der Waals surface area (Å²) in [6, 6.07) is 0. The largest absolute Gasteiger partial charge is 0.692 e. The second kappa shape index (κ2) is 9.37. The molecule has 1 heterocycles. The van der Waals surface area contributed by atoms with Crippen molar-refractivity contribution in [2.75, 3.05) is 0 Å². The normalized spacial score (nSPS) is 14.2. The molecule has 0 aliphatic carbocycles. The Morgan fingerprint density at radius 3 is 2.00 bits per heavy atom. The van der Waals surface area contributed by atoms with Gasteiger partial charge in [0.1, 0.15) is 17.5 Å². The van der Waals surface area contributed by atoms with Gasteiger partial charge in [-0.1, -0.05) is 27.7 Å². The Labute approximate surface area is 124 Å². The Bertz CT molecular complexity index is 377. The van der Waals surface area contributed by atoms with E-state index in [1.807, 2.05) is 0 Å². The first-order valence-corrected chi connectivity index (χ1v) is 7.81. The summed E-state index contributed by atoms with van der Waals surface area (Å²) in [7, 11) is -2.87. The lowest BCUT2D eigenvalue weighted by Gasteiger charge is -2.31. The van der Waals surface area contributed by atoms with Crippen molar-refractivity contribution in [3.05, 3.63) is 12.2 Å². The molecule has 0 aliphatic heterocycles. The lowest BCUT2D eigenvalue weighted by molar-refractivity contribution is 0.0481. The third kappa shape index (κ3) is 6.72. The molecule has 0 aliphatic rings. The first kappa shape index (κ1) is 19.4. The van der Waals surface area contributed by atoms with Crippen LogP contribution in [0.25, 0.3) is 0 Å². The summed E-state index contributed by atoms with van der Waals surface area (Å²) in [5, 5.41) is 16.2. The van der Waals surface area contributed by atoms with Crippen molar-refractivity contribution in [1.82, 2.24) is 15.2 Å². The summed E-state index contributed by atoms with van der Waals surface area (Å²) in [5.41, 5.74) is 0. The van der Waals surface area contributed by atoms with Gasteiger partial charge in [-0.3, -0.25) is 5.10 Å². The van der Waals surface area contributed by atoms with Crippen molar-refractivity contribution in [2.45, 2.75) is 39.2 Å². The van der Waals surface area contributed by atoms with Crippen LogP contribution in [0.1, 0.15) is 38.9 Å². The summed E-state index contributed by atoms with van der Waals surface area (Å²) < 4.78 is 8.70. The number of halogens is 1. The van der Waals surface area contributed by atoms with Crippen LogP contribution in [0.3, 0.4) is 0 Å². The standard InChI is InChI=1S/C11H20ClN3O.HO3P/c1-6(2)8(7(3)4)10(16)9(12)11-13-5-14-15-11;1-4(2)3/h5-10,16H,1-4H3,(H,13,14,15);(H-,1,2,3)/p+1. The van der Waals surface area contributed by atoms with Crippen LogP contribution in [0.15, 0.2) is 6.33 Å². The van der Waals surface area contributed by atoms with E-state index in [9.17, 15) is 5.11 Å². The van der Waals surface area contributed by atoms with Gasteiger partial charge in [-0.2, -0.15) is 5.10 Å². The molecule has 0 saturated carbocycles. The highest BCUT2D eigenvalue weighted by atomic mass is 35.5. The minimum Gasteiger partial charge on any atom is -0.391 e. The van der Waals surface area contributed by atoms with Crippen LogP contribution in [0.5, 0.6) is 0 Å². The third-order valence-corrected chi connectivity index (χ3v) is 3.39. The maximum absolute atomic E-state index is 10.3. The minimum atomic E-state index is -2.87. The lowest BCUT2D eigenvalue weighted by atomic mass is 9.80. The molecule has 0 spiro atoms. The molecule has 0 radical (unpaired) electrons. The minimum absolute atomic E-state index is 0.146. The van der Waals surface area contributed by atoms with Gasteiger partial charge in [0.25, 0.3) is 0 Å². The average Bonchev–Trinajstić information content (AvgIpc) is 2.79. The number of aliphatic hydroxyl groups is 1. The van der Waals surface area contributed by atoms with E-state index in [4.69, 9.17) is 26.0 Å². The molecule has 0 saturated heterocycles. The number of rotatable bonds is 5. The summed E-state index contributed by atoms with van der Waals surface area (Å²) in [6.07, 6.45) is 0.784. The van der Waals surface area contributed by atoms with Gasteiger partial charge in [-0.05, 0) is 17.8 Å². The van der Waals surface area contributed by atoms with E-state index in [1.165, 1.54) is 6.33 Å². The summed E-state index contributed by atoms with van der Waals surface area (Å²) in [5.74, 6) is 1.42. The van der Waals surface area contributed by atoms with E-state index in [2.05, 4.69) is 42.9 Å². The SMILES string of the molecule is CC(C)C(C(C)C)C(O)C(Cl)c1ncn[nH]1.O=[P+](O)O.